The monoisotopic (exact) mass is 347 g/mol. The number of nitrogens with one attached hydrogen (secondary N) is 1. The highest BCUT2D eigenvalue weighted by Crippen LogP contribution is 2.31. The number of piperazine rings is 1. The second-order valence-electron chi connectivity index (χ2n) is 5.00. The molecule has 0 saturated carbocycles. The van der Waals surface area contributed by atoms with Gasteiger partial charge < -0.3 is 9.88 Å². The molecule has 0 aliphatic carbocycles. The van der Waals surface area contributed by atoms with Gasteiger partial charge in [0, 0.05) is 51.5 Å². The average molecular weight is 348 g/mol. The lowest BCUT2D eigenvalue weighted by Crippen LogP contribution is -2.45. The number of hydrogen-bond donors (Lipinski definition) is 1. The van der Waals surface area contributed by atoms with E-state index in [1.54, 1.807) is 0 Å². The highest BCUT2D eigenvalue weighted by atomic mass is 35.5. The zero-order valence-electron chi connectivity index (χ0n) is 11.9. The van der Waals surface area contributed by atoms with E-state index in [4.69, 9.17) is 0 Å². The number of aryl methyl sites for hydroxylation is 1. The zero-order valence-corrected chi connectivity index (χ0v) is 13.5. The molecule has 8 heteroatoms. The van der Waals surface area contributed by atoms with Crippen molar-refractivity contribution >= 4 is 24.8 Å². The van der Waals surface area contributed by atoms with Gasteiger partial charge >= 0.3 is 6.18 Å². The maximum atomic E-state index is 12.5. The molecule has 21 heavy (non-hydrogen) atoms. The molecular formula is C13H22Cl2F3N3. The lowest BCUT2D eigenvalue weighted by molar-refractivity contribution is -0.138. The van der Waals surface area contributed by atoms with E-state index in [0.29, 0.717) is 0 Å². The van der Waals surface area contributed by atoms with Crippen LogP contribution in [0.25, 0.3) is 0 Å². The van der Waals surface area contributed by atoms with E-state index in [9.17, 15) is 13.2 Å². The standard InChI is InChI=1S/C13H20F3N3.2ClH/c1-18-8-2-3-11(18)12(4-5-13(14,15)16)19-9-6-17-7-10-19;;/h2-3,8,12,17H,4-7,9-10H2,1H3;2*1H/t12-;;/m0../s1. The third kappa shape index (κ3) is 6.06. The minimum absolute atomic E-state index is 0. The van der Waals surface area contributed by atoms with E-state index in [1.807, 2.05) is 29.9 Å². The molecular weight excluding hydrogens is 326 g/mol. The molecule has 2 rings (SSSR count). The minimum atomic E-state index is -4.09. The van der Waals surface area contributed by atoms with Crippen molar-refractivity contribution < 1.29 is 13.2 Å². The van der Waals surface area contributed by atoms with Crippen LogP contribution in [-0.2, 0) is 7.05 Å². The predicted octanol–water partition coefficient (Wildman–Crippen LogP) is 3.16. The number of halogens is 5. The van der Waals surface area contributed by atoms with E-state index in [2.05, 4.69) is 10.2 Å². The quantitative estimate of drug-likeness (QED) is 0.902. The molecule has 124 valence electrons. The van der Waals surface area contributed by atoms with E-state index in [1.165, 1.54) is 0 Å². The summed E-state index contributed by atoms with van der Waals surface area (Å²) in [5.74, 6) is 0. The van der Waals surface area contributed by atoms with Gasteiger partial charge in [0.25, 0.3) is 0 Å². The van der Waals surface area contributed by atoms with Gasteiger partial charge in [-0.15, -0.1) is 24.8 Å². The first-order valence-electron chi connectivity index (χ1n) is 6.60. The van der Waals surface area contributed by atoms with Crippen LogP contribution in [0.15, 0.2) is 18.3 Å². The van der Waals surface area contributed by atoms with Crippen LogP contribution in [0.3, 0.4) is 0 Å². The molecule has 0 unspecified atom stereocenters. The number of hydrogen-bond acceptors (Lipinski definition) is 2. The minimum Gasteiger partial charge on any atom is -0.353 e. The average Bonchev–Trinajstić information content (AvgIpc) is 2.76. The van der Waals surface area contributed by atoms with Gasteiger partial charge in [-0.1, -0.05) is 0 Å². The van der Waals surface area contributed by atoms with Crippen LogP contribution in [0, 0.1) is 0 Å². The Morgan fingerprint density at radius 3 is 2.33 bits per heavy atom. The molecule has 1 fully saturated rings. The van der Waals surface area contributed by atoms with Crippen LogP contribution in [0.1, 0.15) is 24.6 Å². The van der Waals surface area contributed by atoms with Crippen LogP contribution in [-0.4, -0.2) is 41.8 Å². The van der Waals surface area contributed by atoms with Gasteiger partial charge in [-0.2, -0.15) is 13.2 Å². The van der Waals surface area contributed by atoms with Crippen molar-refractivity contribution in [3.63, 3.8) is 0 Å². The summed E-state index contributed by atoms with van der Waals surface area (Å²) in [7, 11) is 1.89. The van der Waals surface area contributed by atoms with Crippen LogP contribution < -0.4 is 5.32 Å². The van der Waals surface area contributed by atoms with Crippen molar-refractivity contribution in [3.8, 4) is 0 Å². The fourth-order valence-corrected chi connectivity index (χ4v) is 2.63. The van der Waals surface area contributed by atoms with Crippen molar-refractivity contribution in [3.05, 3.63) is 24.0 Å². The SMILES string of the molecule is Cl.Cl.Cn1cccc1[C@H](CCC(F)(F)F)N1CCNCC1. The highest BCUT2D eigenvalue weighted by molar-refractivity contribution is 5.85. The van der Waals surface area contributed by atoms with Gasteiger partial charge in [0.1, 0.15) is 0 Å². The topological polar surface area (TPSA) is 20.2 Å². The molecule has 0 aromatic carbocycles. The molecule has 2 heterocycles. The Morgan fingerprint density at radius 2 is 1.86 bits per heavy atom. The van der Waals surface area contributed by atoms with Gasteiger partial charge in [0.2, 0.25) is 0 Å². The molecule has 1 atom stereocenters. The maximum Gasteiger partial charge on any atom is 0.389 e. The van der Waals surface area contributed by atoms with Crippen LogP contribution in [0.5, 0.6) is 0 Å². The first kappa shape index (κ1) is 20.6. The molecule has 1 aromatic heterocycles. The Morgan fingerprint density at radius 1 is 1.24 bits per heavy atom. The lowest BCUT2D eigenvalue weighted by atomic mass is 10.0. The molecule has 0 amide bonds. The Bertz CT molecular complexity index is 404. The largest absolute Gasteiger partial charge is 0.389 e. The second-order valence-corrected chi connectivity index (χ2v) is 5.00. The third-order valence-electron chi connectivity index (χ3n) is 3.62. The van der Waals surface area contributed by atoms with E-state index >= 15 is 0 Å². The first-order valence-corrected chi connectivity index (χ1v) is 6.60. The van der Waals surface area contributed by atoms with Crippen LogP contribution >= 0.6 is 24.8 Å². The summed E-state index contributed by atoms with van der Waals surface area (Å²) in [5.41, 5.74) is 0.964. The molecule has 1 aliphatic heterocycles. The summed E-state index contributed by atoms with van der Waals surface area (Å²) >= 11 is 0. The van der Waals surface area contributed by atoms with E-state index in [0.717, 1.165) is 31.9 Å². The fourth-order valence-electron chi connectivity index (χ4n) is 2.63. The Kier molecular flexibility index (Phi) is 8.70. The van der Waals surface area contributed by atoms with Gasteiger partial charge in [0.05, 0.1) is 6.04 Å². The Hall–Kier alpha value is -0.430. The van der Waals surface area contributed by atoms with Gasteiger partial charge in [-0.05, 0) is 18.6 Å². The normalized spacial score (nSPS) is 17.7. The van der Waals surface area contributed by atoms with Crippen LogP contribution in [0.2, 0.25) is 0 Å². The first-order chi connectivity index (χ1) is 8.97. The van der Waals surface area contributed by atoms with Crippen molar-refractivity contribution in [2.45, 2.75) is 25.1 Å². The lowest BCUT2D eigenvalue weighted by Gasteiger charge is -2.35. The maximum absolute atomic E-state index is 12.5. The molecule has 0 spiro atoms. The highest BCUT2D eigenvalue weighted by Gasteiger charge is 2.31. The smallest absolute Gasteiger partial charge is 0.353 e. The summed E-state index contributed by atoms with van der Waals surface area (Å²) in [5, 5.41) is 3.23. The second kappa shape index (κ2) is 8.88. The van der Waals surface area contributed by atoms with Crippen molar-refractivity contribution in [1.82, 2.24) is 14.8 Å². The van der Waals surface area contributed by atoms with Gasteiger partial charge in [-0.25, -0.2) is 0 Å². The molecule has 0 radical (unpaired) electrons. The Labute approximate surface area is 135 Å². The summed E-state index contributed by atoms with van der Waals surface area (Å²) < 4.78 is 39.4. The van der Waals surface area contributed by atoms with Gasteiger partial charge in [-0.3, -0.25) is 4.90 Å². The van der Waals surface area contributed by atoms with E-state index < -0.39 is 12.6 Å². The van der Waals surface area contributed by atoms with E-state index in [-0.39, 0.29) is 37.3 Å². The molecule has 0 bridgehead atoms. The summed E-state index contributed by atoms with van der Waals surface area (Å²) in [4.78, 5) is 2.15. The fraction of sp³-hybridized carbons (Fsp3) is 0.692. The molecule has 1 aliphatic rings. The zero-order chi connectivity index (χ0) is 13.9. The van der Waals surface area contributed by atoms with Crippen molar-refractivity contribution in [2.24, 2.45) is 7.05 Å². The molecule has 1 saturated heterocycles. The van der Waals surface area contributed by atoms with Crippen molar-refractivity contribution in [1.29, 1.82) is 0 Å². The van der Waals surface area contributed by atoms with Crippen molar-refractivity contribution in [2.75, 3.05) is 26.2 Å². The molecule has 1 N–H and O–H groups in total. The van der Waals surface area contributed by atoms with Gasteiger partial charge in [0.15, 0.2) is 0 Å². The molecule has 3 nitrogen and oxygen atoms in total. The number of alkyl halides is 3. The summed E-state index contributed by atoms with van der Waals surface area (Å²) in [6.07, 6.45) is -2.80. The van der Waals surface area contributed by atoms with Crippen LogP contribution in [0.4, 0.5) is 13.2 Å². The Balaban J connectivity index is 0.00000200. The summed E-state index contributed by atoms with van der Waals surface area (Å²) in [6.45, 7) is 3.28. The summed E-state index contributed by atoms with van der Waals surface area (Å²) in [6, 6.07) is 3.66. The predicted molar refractivity (Wildman–Crippen MR) is 82.4 cm³/mol. The third-order valence-corrected chi connectivity index (χ3v) is 3.62. The molecule has 1 aromatic rings. The number of nitrogens with zero attached hydrogens (tertiary/aromatic N) is 2. The number of aromatic nitrogens is 1. The number of rotatable bonds is 4.